The molecule has 4 nitrogen and oxygen atoms in total. The van der Waals surface area contributed by atoms with Crippen LogP contribution in [-0.4, -0.2) is 22.7 Å². The third-order valence-corrected chi connectivity index (χ3v) is 2.85. The Morgan fingerprint density at radius 3 is 2.94 bits per heavy atom. The van der Waals surface area contributed by atoms with Crippen LogP contribution in [0.2, 0.25) is 0 Å². The summed E-state index contributed by atoms with van der Waals surface area (Å²) in [5, 5.41) is 10.9. The molecule has 17 heavy (non-hydrogen) atoms. The molecule has 0 unspecified atom stereocenters. The maximum Gasteiger partial charge on any atom is 0.339 e. The second-order valence-corrected chi connectivity index (χ2v) is 4.10. The summed E-state index contributed by atoms with van der Waals surface area (Å²) in [5.41, 5.74) is 2.91. The molecule has 0 bridgehead atoms. The monoisotopic (exact) mass is 249 g/mol. The van der Waals surface area contributed by atoms with E-state index in [0.717, 1.165) is 5.69 Å². The number of carboxylic acids is 1. The molecule has 0 aliphatic heterocycles. The molecule has 2 aromatic rings. The van der Waals surface area contributed by atoms with Gasteiger partial charge in [0.25, 0.3) is 0 Å². The number of rotatable bonds is 5. The molecule has 2 rings (SSSR count). The average Bonchev–Trinajstić information content (AvgIpc) is 2.82. The number of nitrogens with zero attached hydrogens (tertiary/aromatic N) is 1. The summed E-state index contributed by atoms with van der Waals surface area (Å²) < 4.78 is 5.46. The molecule has 88 valence electrons. The molecule has 0 aliphatic rings. The number of aromatic nitrogens is 1. The number of thiazole rings is 1. The Balaban J connectivity index is 1.97. The van der Waals surface area contributed by atoms with Crippen LogP contribution in [0.1, 0.15) is 16.1 Å². The van der Waals surface area contributed by atoms with Crippen LogP contribution in [0.3, 0.4) is 0 Å². The van der Waals surface area contributed by atoms with Gasteiger partial charge in [-0.05, 0) is 12.1 Å². The lowest BCUT2D eigenvalue weighted by molar-refractivity contribution is 0.0692. The van der Waals surface area contributed by atoms with E-state index < -0.39 is 5.97 Å². The van der Waals surface area contributed by atoms with Crippen molar-refractivity contribution >= 4 is 17.3 Å². The van der Waals surface area contributed by atoms with Gasteiger partial charge in [0.15, 0.2) is 0 Å². The van der Waals surface area contributed by atoms with Crippen molar-refractivity contribution in [2.75, 3.05) is 6.61 Å². The molecular weight excluding hydrogens is 238 g/mol. The van der Waals surface area contributed by atoms with Crippen molar-refractivity contribution in [3.05, 3.63) is 46.4 Å². The molecular formula is C12H11NO3S. The fourth-order valence-corrected chi connectivity index (χ4v) is 1.99. The first-order valence-corrected chi connectivity index (χ1v) is 6.04. The molecule has 0 saturated heterocycles. The molecule has 1 N–H and O–H groups in total. The van der Waals surface area contributed by atoms with Crippen LogP contribution >= 0.6 is 11.3 Å². The molecule has 0 amide bonds. The lowest BCUT2D eigenvalue weighted by Crippen LogP contribution is -2.06. The van der Waals surface area contributed by atoms with Crippen LogP contribution in [0.5, 0.6) is 5.75 Å². The predicted molar refractivity (Wildman–Crippen MR) is 64.7 cm³/mol. The fourth-order valence-electron chi connectivity index (χ4n) is 1.40. The zero-order valence-corrected chi connectivity index (χ0v) is 9.81. The molecule has 1 aromatic heterocycles. The highest BCUT2D eigenvalue weighted by Gasteiger charge is 2.09. The van der Waals surface area contributed by atoms with Gasteiger partial charge in [0.1, 0.15) is 11.3 Å². The standard InChI is InChI=1S/C12H11NO3S/c14-12(15)10-3-1-2-4-11(10)16-6-5-9-7-17-8-13-9/h1-4,7-8H,5-6H2,(H,14,15). The van der Waals surface area contributed by atoms with Gasteiger partial charge in [-0.15, -0.1) is 11.3 Å². The number of hydrogen-bond donors (Lipinski definition) is 1. The van der Waals surface area contributed by atoms with E-state index in [9.17, 15) is 4.79 Å². The molecule has 1 aromatic carbocycles. The lowest BCUT2D eigenvalue weighted by Gasteiger charge is -2.07. The molecule has 5 heteroatoms. The topological polar surface area (TPSA) is 59.4 Å². The van der Waals surface area contributed by atoms with Crippen molar-refractivity contribution in [2.45, 2.75) is 6.42 Å². The SMILES string of the molecule is O=C(O)c1ccccc1OCCc1cscn1. The van der Waals surface area contributed by atoms with E-state index in [1.807, 2.05) is 5.38 Å². The van der Waals surface area contributed by atoms with E-state index in [4.69, 9.17) is 9.84 Å². The normalized spacial score (nSPS) is 10.1. The minimum Gasteiger partial charge on any atom is -0.492 e. The van der Waals surface area contributed by atoms with Crippen molar-refractivity contribution in [3.63, 3.8) is 0 Å². The number of hydrogen-bond acceptors (Lipinski definition) is 4. The highest BCUT2D eigenvalue weighted by molar-refractivity contribution is 7.07. The zero-order valence-electron chi connectivity index (χ0n) is 9.00. The van der Waals surface area contributed by atoms with Crippen molar-refractivity contribution in [2.24, 2.45) is 0 Å². The average molecular weight is 249 g/mol. The minimum absolute atomic E-state index is 0.186. The summed E-state index contributed by atoms with van der Waals surface area (Å²) in [6, 6.07) is 6.62. The van der Waals surface area contributed by atoms with Gasteiger partial charge in [0.05, 0.1) is 17.8 Å². The van der Waals surface area contributed by atoms with Gasteiger partial charge in [0.2, 0.25) is 0 Å². The van der Waals surface area contributed by atoms with Gasteiger partial charge in [-0.1, -0.05) is 12.1 Å². The molecule has 0 aliphatic carbocycles. The molecule has 0 saturated carbocycles. The van der Waals surface area contributed by atoms with Gasteiger partial charge in [-0.2, -0.15) is 0 Å². The maximum atomic E-state index is 10.9. The van der Waals surface area contributed by atoms with E-state index in [2.05, 4.69) is 4.98 Å². The Kier molecular flexibility index (Phi) is 3.72. The number of para-hydroxylation sites is 1. The van der Waals surface area contributed by atoms with Gasteiger partial charge in [-0.25, -0.2) is 9.78 Å². The quantitative estimate of drug-likeness (QED) is 0.884. The molecule has 0 radical (unpaired) electrons. The first kappa shape index (κ1) is 11.6. The summed E-state index contributed by atoms with van der Waals surface area (Å²) >= 11 is 1.53. The number of ether oxygens (including phenoxy) is 1. The number of carbonyl (C=O) groups is 1. The highest BCUT2D eigenvalue weighted by Crippen LogP contribution is 2.18. The van der Waals surface area contributed by atoms with Crippen LogP contribution in [0.15, 0.2) is 35.2 Å². The molecule has 1 heterocycles. The van der Waals surface area contributed by atoms with Gasteiger partial charge < -0.3 is 9.84 Å². The van der Waals surface area contributed by atoms with E-state index in [1.165, 1.54) is 17.4 Å². The smallest absolute Gasteiger partial charge is 0.339 e. The predicted octanol–water partition coefficient (Wildman–Crippen LogP) is 2.46. The molecule has 0 spiro atoms. The lowest BCUT2D eigenvalue weighted by atomic mass is 10.2. The summed E-state index contributed by atoms with van der Waals surface area (Å²) in [6.07, 6.45) is 0.678. The first-order valence-electron chi connectivity index (χ1n) is 5.09. The second-order valence-electron chi connectivity index (χ2n) is 3.38. The van der Waals surface area contributed by atoms with Crippen LogP contribution < -0.4 is 4.74 Å². The molecule has 0 fully saturated rings. The Labute approximate surface area is 103 Å². The zero-order chi connectivity index (χ0) is 12.1. The van der Waals surface area contributed by atoms with Gasteiger partial charge in [-0.3, -0.25) is 0 Å². The summed E-state index contributed by atoms with van der Waals surface area (Å²) in [4.78, 5) is 15.1. The van der Waals surface area contributed by atoms with Crippen LogP contribution in [0.25, 0.3) is 0 Å². The number of benzene rings is 1. The Bertz CT molecular complexity index is 496. The van der Waals surface area contributed by atoms with Gasteiger partial charge >= 0.3 is 5.97 Å². The van der Waals surface area contributed by atoms with Crippen LogP contribution in [-0.2, 0) is 6.42 Å². The molecule has 0 atom stereocenters. The number of aromatic carboxylic acids is 1. The van der Waals surface area contributed by atoms with Crippen molar-refractivity contribution in [1.29, 1.82) is 0 Å². The van der Waals surface area contributed by atoms with Crippen molar-refractivity contribution < 1.29 is 14.6 Å². The Hall–Kier alpha value is -1.88. The maximum absolute atomic E-state index is 10.9. The van der Waals surface area contributed by atoms with E-state index in [1.54, 1.807) is 23.7 Å². The fraction of sp³-hybridized carbons (Fsp3) is 0.167. The number of carboxylic acid groups (broad SMARTS) is 1. The third-order valence-electron chi connectivity index (χ3n) is 2.22. The van der Waals surface area contributed by atoms with Crippen LogP contribution in [0.4, 0.5) is 0 Å². The highest BCUT2D eigenvalue weighted by atomic mass is 32.1. The van der Waals surface area contributed by atoms with E-state index in [-0.39, 0.29) is 5.56 Å². The minimum atomic E-state index is -0.978. The van der Waals surface area contributed by atoms with E-state index >= 15 is 0 Å². The second kappa shape index (κ2) is 5.45. The van der Waals surface area contributed by atoms with Crippen molar-refractivity contribution in [1.82, 2.24) is 4.98 Å². The third kappa shape index (κ3) is 3.04. The largest absolute Gasteiger partial charge is 0.492 e. The Morgan fingerprint density at radius 1 is 1.41 bits per heavy atom. The summed E-state index contributed by atoms with van der Waals surface area (Å²) in [7, 11) is 0. The first-order chi connectivity index (χ1) is 8.27. The van der Waals surface area contributed by atoms with Gasteiger partial charge in [0, 0.05) is 11.8 Å². The summed E-state index contributed by atoms with van der Waals surface area (Å²) in [5.74, 6) is -0.579. The summed E-state index contributed by atoms with van der Waals surface area (Å²) in [6.45, 7) is 0.425. The van der Waals surface area contributed by atoms with E-state index in [0.29, 0.717) is 18.8 Å². The van der Waals surface area contributed by atoms with Crippen molar-refractivity contribution in [3.8, 4) is 5.75 Å². The van der Waals surface area contributed by atoms with Crippen LogP contribution in [0, 0.1) is 0 Å². The Morgan fingerprint density at radius 2 is 2.24 bits per heavy atom.